The first-order valence-corrected chi connectivity index (χ1v) is 5.21. The van der Waals surface area contributed by atoms with Crippen molar-refractivity contribution in [2.45, 2.75) is 13.3 Å². The monoisotopic (exact) mass is 244 g/mol. The van der Waals surface area contributed by atoms with Crippen molar-refractivity contribution in [2.75, 3.05) is 26.7 Å². The lowest BCUT2D eigenvalue weighted by atomic mass is 9.90. The number of carbonyl (C=O) groups excluding carboxylic acids is 2. The summed E-state index contributed by atoms with van der Waals surface area (Å²) in [6.07, 6.45) is -0.316. The quantitative estimate of drug-likeness (QED) is 0.705. The Morgan fingerprint density at radius 2 is 2.12 bits per heavy atom. The number of hydrogen-bond acceptors (Lipinski definition) is 5. The molecule has 0 bridgehead atoms. The van der Waals surface area contributed by atoms with E-state index in [1.165, 1.54) is 7.11 Å². The van der Waals surface area contributed by atoms with E-state index in [4.69, 9.17) is 5.11 Å². The van der Waals surface area contributed by atoms with E-state index in [9.17, 15) is 14.4 Å². The second-order valence-electron chi connectivity index (χ2n) is 4.37. The predicted octanol–water partition coefficient (Wildman–Crippen LogP) is -0.334. The van der Waals surface area contributed by atoms with Crippen molar-refractivity contribution in [3.05, 3.63) is 0 Å². The summed E-state index contributed by atoms with van der Waals surface area (Å²) < 4.78 is 4.28. The minimum absolute atomic E-state index is 0.00201. The van der Waals surface area contributed by atoms with E-state index < -0.39 is 23.4 Å². The van der Waals surface area contributed by atoms with Gasteiger partial charge in [0.15, 0.2) is 0 Å². The number of aliphatic carboxylic acids is 1. The second-order valence-corrected chi connectivity index (χ2v) is 4.37. The molecule has 2 N–H and O–H groups in total. The van der Waals surface area contributed by atoms with Crippen LogP contribution in [0.3, 0.4) is 0 Å². The fourth-order valence-electron chi connectivity index (χ4n) is 1.77. The van der Waals surface area contributed by atoms with Gasteiger partial charge in [-0.3, -0.25) is 19.8 Å². The van der Waals surface area contributed by atoms with E-state index in [2.05, 4.69) is 4.74 Å². The highest BCUT2D eigenvalue weighted by atomic mass is 16.5. The number of alkyl carbamates (subject to hydrolysis) is 1. The van der Waals surface area contributed by atoms with Crippen molar-refractivity contribution in [3.8, 4) is 0 Å². The number of rotatable bonds is 3. The maximum absolute atomic E-state index is 11.3. The van der Waals surface area contributed by atoms with Gasteiger partial charge >= 0.3 is 12.1 Å². The summed E-state index contributed by atoms with van der Waals surface area (Å²) in [5, 5.41) is 11.0. The molecule has 0 aromatic rings. The first kappa shape index (κ1) is 13.4. The van der Waals surface area contributed by atoms with Crippen molar-refractivity contribution >= 4 is 18.0 Å². The number of imide groups is 1. The molecule has 7 nitrogen and oxygen atoms in total. The topological polar surface area (TPSA) is 95.9 Å². The molecule has 1 atom stereocenters. The highest BCUT2D eigenvalue weighted by molar-refractivity contribution is 5.92. The predicted molar refractivity (Wildman–Crippen MR) is 57.3 cm³/mol. The van der Waals surface area contributed by atoms with Crippen LogP contribution < -0.4 is 5.32 Å². The number of carboxylic acids is 1. The van der Waals surface area contributed by atoms with Crippen LogP contribution in [0.2, 0.25) is 0 Å². The van der Waals surface area contributed by atoms with E-state index in [1.807, 2.05) is 5.32 Å². The van der Waals surface area contributed by atoms with Gasteiger partial charge in [0.25, 0.3) is 0 Å². The zero-order chi connectivity index (χ0) is 13.1. The Bertz CT molecular complexity index is 344. The molecule has 0 aromatic carbocycles. The second kappa shape index (κ2) is 5.13. The maximum Gasteiger partial charge on any atom is 0.413 e. The van der Waals surface area contributed by atoms with Crippen LogP contribution in [0.25, 0.3) is 0 Å². The van der Waals surface area contributed by atoms with E-state index in [0.29, 0.717) is 19.5 Å². The van der Waals surface area contributed by atoms with Crippen LogP contribution in [0.4, 0.5) is 4.79 Å². The maximum atomic E-state index is 11.3. The summed E-state index contributed by atoms with van der Waals surface area (Å²) in [6, 6.07) is 0. The first-order chi connectivity index (χ1) is 7.87. The lowest BCUT2D eigenvalue weighted by Gasteiger charge is -2.19. The summed E-state index contributed by atoms with van der Waals surface area (Å²) in [5.41, 5.74) is -0.814. The third-order valence-corrected chi connectivity index (χ3v) is 2.86. The van der Waals surface area contributed by atoms with Gasteiger partial charge in [0.2, 0.25) is 5.91 Å². The Labute approximate surface area is 98.7 Å². The van der Waals surface area contributed by atoms with Gasteiger partial charge in [-0.05, 0) is 19.9 Å². The molecule has 0 saturated carbocycles. The number of carboxylic acid groups (broad SMARTS) is 1. The standard InChI is InChI=1S/C10H16N2O5/c1-10(8(14)15)3-4-12(6-10)5-7(13)11-9(16)17-2/h3-6H2,1-2H3,(H,14,15)(H,11,13,16). The van der Waals surface area contributed by atoms with Crippen molar-refractivity contribution in [1.82, 2.24) is 10.2 Å². The van der Waals surface area contributed by atoms with Gasteiger partial charge in [-0.1, -0.05) is 0 Å². The Morgan fingerprint density at radius 1 is 1.47 bits per heavy atom. The Morgan fingerprint density at radius 3 is 2.59 bits per heavy atom. The molecule has 1 unspecified atom stereocenters. The SMILES string of the molecule is COC(=O)NC(=O)CN1CCC(C)(C(=O)O)C1. The van der Waals surface area contributed by atoms with Crippen molar-refractivity contribution in [2.24, 2.45) is 5.41 Å². The number of likely N-dealkylation sites (tertiary alicyclic amines) is 1. The molecule has 1 rings (SSSR count). The number of ether oxygens (including phenoxy) is 1. The molecular formula is C10H16N2O5. The highest BCUT2D eigenvalue weighted by Crippen LogP contribution is 2.29. The van der Waals surface area contributed by atoms with Crippen LogP contribution in [0.15, 0.2) is 0 Å². The van der Waals surface area contributed by atoms with Crippen molar-refractivity contribution in [3.63, 3.8) is 0 Å². The zero-order valence-electron chi connectivity index (χ0n) is 9.86. The molecule has 1 saturated heterocycles. The summed E-state index contributed by atoms with van der Waals surface area (Å²) in [4.78, 5) is 34.8. The van der Waals surface area contributed by atoms with Crippen molar-refractivity contribution in [1.29, 1.82) is 0 Å². The fraction of sp³-hybridized carbons (Fsp3) is 0.700. The normalized spacial score (nSPS) is 24.4. The van der Waals surface area contributed by atoms with Gasteiger partial charge in [0.05, 0.1) is 19.1 Å². The minimum Gasteiger partial charge on any atom is -0.481 e. The van der Waals surface area contributed by atoms with Crippen LogP contribution in [-0.4, -0.2) is 54.7 Å². The lowest BCUT2D eigenvalue weighted by molar-refractivity contribution is -0.147. The van der Waals surface area contributed by atoms with Gasteiger partial charge in [-0.15, -0.1) is 0 Å². The molecule has 1 fully saturated rings. The Hall–Kier alpha value is -1.63. The largest absolute Gasteiger partial charge is 0.481 e. The average molecular weight is 244 g/mol. The molecule has 0 spiro atoms. The molecule has 2 amide bonds. The summed E-state index contributed by atoms with van der Waals surface area (Å²) >= 11 is 0. The summed E-state index contributed by atoms with van der Waals surface area (Å²) in [7, 11) is 1.17. The number of carbonyl (C=O) groups is 3. The number of methoxy groups -OCH3 is 1. The molecule has 0 aromatic heterocycles. The Kier molecular flexibility index (Phi) is 4.06. The average Bonchev–Trinajstić information content (AvgIpc) is 2.61. The van der Waals surface area contributed by atoms with Gasteiger partial charge in [-0.2, -0.15) is 0 Å². The molecule has 7 heteroatoms. The number of amides is 2. The molecule has 1 aliphatic rings. The minimum atomic E-state index is -0.867. The smallest absolute Gasteiger partial charge is 0.413 e. The highest BCUT2D eigenvalue weighted by Gasteiger charge is 2.40. The van der Waals surface area contributed by atoms with Gasteiger partial charge in [0.1, 0.15) is 0 Å². The fourth-order valence-corrected chi connectivity index (χ4v) is 1.77. The summed E-state index contributed by atoms with van der Waals surface area (Å²) in [5.74, 6) is -1.36. The number of hydrogen-bond donors (Lipinski definition) is 2. The van der Waals surface area contributed by atoms with Crippen molar-refractivity contribution < 1.29 is 24.2 Å². The van der Waals surface area contributed by atoms with E-state index in [0.717, 1.165) is 0 Å². The molecule has 1 heterocycles. The third kappa shape index (κ3) is 3.42. The van der Waals surface area contributed by atoms with E-state index in [1.54, 1.807) is 11.8 Å². The third-order valence-electron chi connectivity index (χ3n) is 2.86. The molecule has 0 radical (unpaired) electrons. The van der Waals surface area contributed by atoms with Crippen LogP contribution in [-0.2, 0) is 14.3 Å². The van der Waals surface area contributed by atoms with Crippen LogP contribution in [0.1, 0.15) is 13.3 Å². The van der Waals surface area contributed by atoms with E-state index >= 15 is 0 Å². The molecule has 1 aliphatic heterocycles. The first-order valence-electron chi connectivity index (χ1n) is 5.21. The lowest BCUT2D eigenvalue weighted by Crippen LogP contribution is -2.40. The van der Waals surface area contributed by atoms with E-state index in [-0.39, 0.29) is 6.54 Å². The molecular weight excluding hydrogens is 228 g/mol. The number of nitrogens with one attached hydrogen (secondary N) is 1. The molecule has 96 valence electrons. The Balaban J connectivity index is 2.43. The van der Waals surface area contributed by atoms with Crippen LogP contribution in [0.5, 0.6) is 0 Å². The van der Waals surface area contributed by atoms with Gasteiger partial charge < -0.3 is 9.84 Å². The number of nitrogens with zero attached hydrogens (tertiary/aromatic N) is 1. The summed E-state index contributed by atoms with van der Waals surface area (Å²) in [6.45, 7) is 2.47. The van der Waals surface area contributed by atoms with Crippen LogP contribution >= 0.6 is 0 Å². The van der Waals surface area contributed by atoms with Gasteiger partial charge in [-0.25, -0.2) is 4.79 Å². The molecule has 17 heavy (non-hydrogen) atoms. The van der Waals surface area contributed by atoms with Gasteiger partial charge in [0, 0.05) is 6.54 Å². The van der Waals surface area contributed by atoms with Crippen LogP contribution in [0, 0.1) is 5.41 Å². The zero-order valence-corrected chi connectivity index (χ0v) is 9.86. The molecule has 0 aliphatic carbocycles.